The molecular weight excluding hydrogens is 256 g/mol. The Kier molecular flexibility index (Phi) is 4.39. The molecule has 0 aliphatic rings. The summed E-state index contributed by atoms with van der Waals surface area (Å²) in [6.45, 7) is 5.70. The Morgan fingerprint density at radius 1 is 1.30 bits per heavy atom. The molecule has 0 saturated carbocycles. The van der Waals surface area contributed by atoms with E-state index in [4.69, 9.17) is 10.5 Å². The summed E-state index contributed by atoms with van der Waals surface area (Å²) in [5.41, 5.74) is 7.82. The summed E-state index contributed by atoms with van der Waals surface area (Å²) in [5.74, 6) is 1.33. The van der Waals surface area contributed by atoms with Crippen LogP contribution < -0.4 is 15.8 Å². The van der Waals surface area contributed by atoms with Gasteiger partial charge in [-0.25, -0.2) is 0 Å². The standard InChI is InChI=1S/C13H20N6O/c1-9-7-10(2)19(18-9)6-4-5-15-11-8-12(20-3)17-13(14)16-11/h7-8H,4-6H2,1-3H3,(H3,14,15,16,17). The molecule has 108 valence electrons. The molecule has 7 nitrogen and oxygen atoms in total. The van der Waals surface area contributed by atoms with Crippen molar-refractivity contribution in [2.45, 2.75) is 26.8 Å². The molecular formula is C13H20N6O. The van der Waals surface area contributed by atoms with E-state index in [2.05, 4.69) is 33.4 Å². The summed E-state index contributed by atoms with van der Waals surface area (Å²) in [5, 5.41) is 7.62. The summed E-state index contributed by atoms with van der Waals surface area (Å²) in [6, 6.07) is 3.79. The highest BCUT2D eigenvalue weighted by Crippen LogP contribution is 2.13. The highest BCUT2D eigenvalue weighted by Gasteiger charge is 2.03. The Hall–Kier alpha value is -2.31. The SMILES string of the molecule is COc1cc(NCCCn2nc(C)cc2C)nc(N)n1. The molecule has 0 atom stereocenters. The zero-order valence-corrected chi connectivity index (χ0v) is 12.1. The van der Waals surface area contributed by atoms with E-state index in [0.717, 1.165) is 25.2 Å². The van der Waals surface area contributed by atoms with Gasteiger partial charge in [-0.1, -0.05) is 0 Å². The average molecular weight is 276 g/mol. The molecule has 0 aliphatic heterocycles. The van der Waals surface area contributed by atoms with E-state index >= 15 is 0 Å². The van der Waals surface area contributed by atoms with Crippen molar-refractivity contribution in [1.82, 2.24) is 19.7 Å². The zero-order chi connectivity index (χ0) is 14.5. The lowest BCUT2D eigenvalue weighted by atomic mass is 10.4. The first-order valence-corrected chi connectivity index (χ1v) is 6.52. The number of ether oxygens (including phenoxy) is 1. The molecule has 0 unspecified atom stereocenters. The molecule has 0 saturated heterocycles. The minimum Gasteiger partial charge on any atom is -0.481 e. The van der Waals surface area contributed by atoms with Crippen LogP contribution in [0.15, 0.2) is 12.1 Å². The number of hydrogen-bond acceptors (Lipinski definition) is 6. The quantitative estimate of drug-likeness (QED) is 0.775. The van der Waals surface area contributed by atoms with Crippen LogP contribution in [0.1, 0.15) is 17.8 Å². The molecule has 0 aromatic carbocycles. The maximum atomic E-state index is 5.60. The Bertz CT molecular complexity index is 580. The molecule has 2 aromatic heterocycles. The lowest BCUT2D eigenvalue weighted by Crippen LogP contribution is -2.10. The van der Waals surface area contributed by atoms with Crippen molar-refractivity contribution in [2.75, 3.05) is 24.7 Å². The first-order valence-electron chi connectivity index (χ1n) is 6.52. The minimum absolute atomic E-state index is 0.199. The van der Waals surface area contributed by atoms with Gasteiger partial charge in [0.1, 0.15) is 5.82 Å². The molecule has 20 heavy (non-hydrogen) atoms. The minimum atomic E-state index is 0.199. The number of nitrogens with zero attached hydrogens (tertiary/aromatic N) is 4. The van der Waals surface area contributed by atoms with E-state index < -0.39 is 0 Å². The Labute approximate surface area is 118 Å². The van der Waals surface area contributed by atoms with Gasteiger partial charge in [-0.3, -0.25) is 4.68 Å². The van der Waals surface area contributed by atoms with Crippen LogP contribution in [0.4, 0.5) is 11.8 Å². The fourth-order valence-electron chi connectivity index (χ4n) is 1.98. The van der Waals surface area contributed by atoms with E-state index in [1.54, 1.807) is 13.2 Å². The van der Waals surface area contributed by atoms with E-state index in [1.807, 2.05) is 11.6 Å². The van der Waals surface area contributed by atoms with Gasteiger partial charge in [-0.2, -0.15) is 15.1 Å². The van der Waals surface area contributed by atoms with Crippen molar-refractivity contribution in [3.8, 4) is 5.88 Å². The van der Waals surface area contributed by atoms with Crippen LogP contribution in [0.3, 0.4) is 0 Å². The van der Waals surface area contributed by atoms with Gasteiger partial charge >= 0.3 is 0 Å². The first kappa shape index (κ1) is 14.1. The summed E-state index contributed by atoms with van der Waals surface area (Å²) < 4.78 is 7.05. The predicted octanol–water partition coefficient (Wildman–Crippen LogP) is 1.38. The second kappa shape index (κ2) is 6.23. The maximum absolute atomic E-state index is 5.60. The highest BCUT2D eigenvalue weighted by molar-refractivity contribution is 5.42. The van der Waals surface area contributed by atoms with E-state index in [-0.39, 0.29) is 5.95 Å². The van der Waals surface area contributed by atoms with Gasteiger partial charge in [0.2, 0.25) is 11.8 Å². The Morgan fingerprint density at radius 2 is 2.10 bits per heavy atom. The van der Waals surface area contributed by atoms with E-state index in [1.165, 1.54) is 5.69 Å². The largest absolute Gasteiger partial charge is 0.481 e. The van der Waals surface area contributed by atoms with Crippen molar-refractivity contribution in [3.63, 3.8) is 0 Å². The van der Waals surface area contributed by atoms with Crippen LogP contribution in [0.5, 0.6) is 5.88 Å². The third kappa shape index (κ3) is 3.59. The number of anilines is 2. The summed E-state index contributed by atoms with van der Waals surface area (Å²) >= 11 is 0. The molecule has 2 heterocycles. The van der Waals surface area contributed by atoms with Crippen LogP contribution in [0.25, 0.3) is 0 Å². The lowest BCUT2D eigenvalue weighted by Gasteiger charge is -2.08. The summed E-state index contributed by atoms with van der Waals surface area (Å²) in [4.78, 5) is 8.03. The molecule has 7 heteroatoms. The first-order chi connectivity index (χ1) is 9.58. The van der Waals surface area contributed by atoms with Crippen LogP contribution >= 0.6 is 0 Å². The molecule has 0 aliphatic carbocycles. The normalized spacial score (nSPS) is 10.6. The number of nitrogen functional groups attached to an aromatic ring is 1. The topological polar surface area (TPSA) is 90.9 Å². The van der Waals surface area contributed by atoms with Crippen molar-refractivity contribution in [1.29, 1.82) is 0 Å². The van der Waals surface area contributed by atoms with Crippen molar-refractivity contribution < 1.29 is 4.74 Å². The molecule has 0 bridgehead atoms. The van der Waals surface area contributed by atoms with Gasteiger partial charge < -0.3 is 15.8 Å². The Balaban J connectivity index is 1.84. The predicted molar refractivity (Wildman–Crippen MR) is 77.8 cm³/mol. The van der Waals surface area contributed by atoms with Gasteiger partial charge in [0, 0.05) is 24.8 Å². The maximum Gasteiger partial charge on any atom is 0.225 e. The number of nitrogens with two attached hydrogens (primary N) is 1. The van der Waals surface area contributed by atoms with Crippen molar-refractivity contribution in [3.05, 3.63) is 23.5 Å². The van der Waals surface area contributed by atoms with Gasteiger partial charge in [0.15, 0.2) is 0 Å². The molecule has 0 amide bonds. The molecule has 0 spiro atoms. The number of aromatic nitrogens is 4. The van der Waals surface area contributed by atoms with Crippen LogP contribution in [0, 0.1) is 13.8 Å². The average Bonchev–Trinajstić information content (AvgIpc) is 2.72. The zero-order valence-electron chi connectivity index (χ0n) is 12.1. The number of hydrogen-bond donors (Lipinski definition) is 2. The van der Waals surface area contributed by atoms with Crippen molar-refractivity contribution >= 4 is 11.8 Å². The fraction of sp³-hybridized carbons (Fsp3) is 0.462. The summed E-state index contributed by atoms with van der Waals surface area (Å²) in [6.07, 6.45) is 0.939. The summed E-state index contributed by atoms with van der Waals surface area (Å²) in [7, 11) is 1.55. The monoisotopic (exact) mass is 276 g/mol. The molecule has 3 N–H and O–H groups in total. The van der Waals surface area contributed by atoms with Crippen LogP contribution in [-0.2, 0) is 6.54 Å². The smallest absolute Gasteiger partial charge is 0.225 e. The molecule has 0 radical (unpaired) electrons. The third-order valence-corrected chi connectivity index (χ3v) is 2.89. The number of nitrogens with one attached hydrogen (secondary N) is 1. The molecule has 2 aromatic rings. The molecule has 2 rings (SSSR count). The van der Waals surface area contributed by atoms with Crippen LogP contribution in [0.2, 0.25) is 0 Å². The highest BCUT2D eigenvalue weighted by atomic mass is 16.5. The van der Waals surface area contributed by atoms with Crippen LogP contribution in [-0.4, -0.2) is 33.4 Å². The van der Waals surface area contributed by atoms with Gasteiger partial charge in [0.05, 0.1) is 12.8 Å². The van der Waals surface area contributed by atoms with E-state index in [0.29, 0.717) is 11.7 Å². The number of aryl methyl sites for hydroxylation is 3. The second-order valence-electron chi connectivity index (χ2n) is 4.58. The Morgan fingerprint density at radius 3 is 2.75 bits per heavy atom. The lowest BCUT2D eigenvalue weighted by molar-refractivity contribution is 0.398. The number of rotatable bonds is 6. The molecule has 0 fully saturated rings. The van der Waals surface area contributed by atoms with E-state index in [9.17, 15) is 0 Å². The third-order valence-electron chi connectivity index (χ3n) is 2.89. The number of methoxy groups -OCH3 is 1. The second-order valence-corrected chi connectivity index (χ2v) is 4.58. The van der Waals surface area contributed by atoms with Gasteiger partial charge in [-0.15, -0.1) is 0 Å². The fourth-order valence-corrected chi connectivity index (χ4v) is 1.98. The van der Waals surface area contributed by atoms with Gasteiger partial charge in [-0.05, 0) is 26.3 Å². The van der Waals surface area contributed by atoms with Crippen molar-refractivity contribution in [2.24, 2.45) is 0 Å². The van der Waals surface area contributed by atoms with Gasteiger partial charge in [0.25, 0.3) is 0 Å².